The minimum Gasteiger partial charge on any atom is -0.456 e. The first-order valence-electron chi connectivity index (χ1n) is 8.17. The number of nitrogens with one attached hydrogen (secondary N) is 1. The molecule has 2 rings (SSSR count). The smallest absolute Gasteiger partial charge is 0.307 e. The van der Waals surface area contributed by atoms with E-state index in [0.29, 0.717) is 5.75 Å². The molecule has 0 radical (unpaired) electrons. The summed E-state index contributed by atoms with van der Waals surface area (Å²) in [5, 5.41) is 2.77. The fourth-order valence-corrected chi connectivity index (χ4v) is 3.01. The average molecular weight is 357 g/mol. The summed E-state index contributed by atoms with van der Waals surface area (Å²) in [5.41, 5.74) is 4.06. The lowest BCUT2D eigenvalue weighted by Gasteiger charge is -2.10. The highest BCUT2D eigenvalue weighted by atomic mass is 32.2. The summed E-state index contributed by atoms with van der Waals surface area (Å²) in [7, 11) is 0. The van der Waals surface area contributed by atoms with Crippen LogP contribution in [-0.4, -0.2) is 24.2 Å². The number of anilines is 1. The molecule has 4 nitrogen and oxygen atoms in total. The molecule has 1 N–H and O–H groups in total. The summed E-state index contributed by atoms with van der Waals surface area (Å²) in [4.78, 5) is 24.8. The minimum atomic E-state index is -0.365. The van der Waals surface area contributed by atoms with Crippen LogP contribution in [0.15, 0.2) is 47.4 Å². The molecule has 0 saturated carbocycles. The van der Waals surface area contributed by atoms with Crippen LogP contribution < -0.4 is 5.32 Å². The second-order valence-electron chi connectivity index (χ2n) is 5.87. The highest BCUT2D eigenvalue weighted by Gasteiger charge is 2.10. The van der Waals surface area contributed by atoms with Crippen molar-refractivity contribution in [3.63, 3.8) is 0 Å². The maximum atomic E-state index is 11.9. The molecule has 0 heterocycles. The number of ether oxygens (including phenoxy) is 1. The first-order valence-corrected chi connectivity index (χ1v) is 9.15. The molecule has 0 unspecified atom stereocenters. The van der Waals surface area contributed by atoms with Gasteiger partial charge >= 0.3 is 5.97 Å². The van der Waals surface area contributed by atoms with Gasteiger partial charge in [0.25, 0.3) is 5.91 Å². The van der Waals surface area contributed by atoms with Gasteiger partial charge in [0.15, 0.2) is 6.61 Å². The van der Waals surface area contributed by atoms with Crippen LogP contribution >= 0.6 is 11.8 Å². The molecular formula is C20H23NO3S. The van der Waals surface area contributed by atoms with E-state index in [1.165, 1.54) is 5.56 Å². The van der Waals surface area contributed by atoms with Gasteiger partial charge in [-0.3, -0.25) is 9.59 Å². The number of aryl methyl sites for hydroxylation is 2. The maximum Gasteiger partial charge on any atom is 0.307 e. The first kappa shape index (κ1) is 19.1. The molecule has 5 heteroatoms. The lowest BCUT2D eigenvalue weighted by atomic mass is 10.1. The Labute approximate surface area is 153 Å². The SMILES string of the molecule is Cc1ccc(SCCC(=O)OCC(=O)Nc2cccc(C)c2C)cc1. The summed E-state index contributed by atoms with van der Waals surface area (Å²) in [6, 6.07) is 13.8. The van der Waals surface area contributed by atoms with Gasteiger partial charge in [-0.15, -0.1) is 11.8 Å². The van der Waals surface area contributed by atoms with E-state index in [2.05, 4.69) is 5.32 Å². The number of carbonyl (C=O) groups is 2. The van der Waals surface area contributed by atoms with Crippen molar-refractivity contribution in [1.82, 2.24) is 0 Å². The van der Waals surface area contributed by atoms with Crippen molar-refractivity contribution in [2.45, 2.75) is 32.1 Å². The van der Waals surface area contributed by atoms with Crippen molar-refractivity contribution < 1.29 is 14.3 Å². The molecule has 0 saturated heterocycles. The third-order valence-corrected chi connectivity index (χ3v) is 4.85. The topological polar surface area (TPSA) is 55.4 Å². The Morgan fingerprint density at radius 3 is 2.48 bits per heavy atom. The number of amides is 1. The Morgan fingerprint density at radius 1 is 1.04 bits per heavy atom. The van der Waals surface area contributed by atoms with Gasteiger partial charge in [0.1, 0.15) is 0 Å². The molecule has 0 bridgehead atoms. The molecule has 0 aliphatic heterocycles. The zero-order chi connectivity index (χ0) is 18.2. The second-order valence-corrected chi connectivity index (χ2v) is 7.04. The Hall–Kier alpha value is -2.27. The molecule has 0 aromatic heterocycles. The first-order chi connectivity index (χ1) is 12.0. The number of esters is 1. The number of hydrogen-bond donors (Lipinski definition) is 1. The highest BCUT2D eigenvalue weighted by Crippen LogP contribution is 2.19. The normalized spacial score (nSPS) is 10.4. The third-order valence-electron chi connectivity index (χ3n) is 3.84. The van der Waals surface area contributed by atoms with E-state index >= 15 is 0 Å². The molecular weight excluding hydrogens is 334 g/mol. The molecule has 0 aliphatic rings. The Balaban J connectivity index is 1.69. The van der Waals surface area contributed by atoms with Crippen LogP contribution in [0.1, 0.15) is 23.1 Å². The van der Waals surface area contributed by atoms with E-state index in [-0.39, 0.29) is 24.9 Å². The fourth-order valence-electron chi connectivity index (χ4n) is 2.18. The van der Waals surface area contributed by atoms with Crippen molar-refractivity contribution in [3.8, 4) is 0 Å². The monoisotopic (exact) mass is 357 g/mol. The van der Waals surface area contributed by atoms with E-state index in [1.54, 1.807) is 11.8 Å². The summed E-state index contributed by atoms with van der Waals surface area (Å²) in [5.74, 6) is -0.0653. The zero-order valence-corrected chi connectivity index (χ0v) is 15.6. The fraction of sp³-hybridized carbons (Fsp3) is 0.300. The quantitative estimate of drug-likeness (QED) is 0.594. The molecule has 0 aliphatic carbocycles. The van der Waals surface area contributed by atoms with Gasteiger partial charge in [-0.1, -0.05) is 29.8 Å². The minimum absolute atomic E-state index is 0.262. The number of benzene rings is 2. The van der Waals surface area contributed by atoms with Crippen LogP contribution in [0.2, 0.25) is 0 Å². The van der Waals surface area contributed by atoms with Crippen LogP contribution in [0.4, 0.5) is 5.69 Å². The molecule has 2 aromatic carbocycles. The number of hydrogen-bond acceptors (Lipinski definition) is 4. The molecule has 0 atom stereocenters. The molecule has 25 heavy (non-hydrogen) atoms. The Bertz CT molecular complexity index is 741. The zero-order valence-electron chi connectivity index (χ0n) is 14.8. The molecule has 1 amide bonds. The lowest BCUT2D eigenvalue weighted by molar-refractivity contribution is -0.146. The van der Waals surface area contributed by atoms with Crippen LogP contribution in [0.25, 0.3) is 0 Å². The number of thioether (sulfide) groups is 1. The summed E-state index contributed by atoms with van der Waals surface area (Å²) in [6.45, 7) is 5.70. The van der Waals surface area contributed by atoms with Crippen molar-refractivity contribution in [3.05, 3.63) is 59.2 Å². The van der Waals surface area contributed by atoms with Gasteiger partial charge in [-0.2, -0.15) is 0 Å². The van der Waals surface area contributed by atoms with Gasteiger partial charge in [-0.05, 0) is 50.1 Å². The van der Waals surface area contributed by atoms with E-state index < -0.39 is 0 Å². The van der Waals surface area contributed by atoms with Crippen LogP contribution in [0, 0.1) is 20.8 Å². The average Bonchev–Trinajstić information content (AvgIpc) is 2.59. The molecule has 132 valence electrons. The van der Waals surface area contributed by atoms with Gasteiger partial charge in [0, 0.05) is 16.3 Å². The predicted molar refractivity (Wildman–Crippen MR) is 102 cm³/mol. The summed E-state index contributed by atoms with van der Waals surface area (Å²) < 4.78 is 5.04. The van der Waals surface area contributed by atoms with Crippen molar-refractivity contribution in [2.24, 2.45) is 0 Å². The van der Waals surface area contributed by atoms with Crippen LogP contribution in [0.3, 0.4) is 0 Å². The van der Waals surface area contributed by atoms with E-state index in [1.807, 2.05) is 63.2 Å². The maximum absolute atomic E-state index is 11.9. The number of carbonyl (C=O) groups excluding carboxylic acids is 2. The van der Waals surface area contributed by atoms with Crippen molar-refractivity contribution >= 4 is 29.3 Å². The van der Waals surface area contributed by atoms with E-state index in [4.69, 9.17) is 4.74 Å². The van der Waals surface area contributed by atoms with Crippen LogP contribution in [0.5, 0.6) is 0 Å². The Kier molecular flexibility index (Phi) is 7.07. The highest BCUT2D eigenvalue weighted by molar-refractivity contribution is 7.99. The number of rotatable bonds is 7. The largest absolute Gasteiger partial charge is 0.456 e. The predicted octanol–water partition coefficient (Wildman–Crippen LogP) is 4.28. The van der Waals surface area contributed by atoms with E-state index in [9.17, 15) is 9.59 Å². The molecule has 0 fully saturated rings. The molecule has 0 spiro atoms. The standard InChI is InChI=1S/C20H23NO3S/c1-14-7-9-17(10-8-14)25-12-11-20(23)24-13-19(22)21-18-6-4-5-15(2)16(18)3/h4-10H,11-13H2,1-3H3,(H,21,22). The van der Waals surface area contributed by atoms with Gasteiger partial charge in [0.2, 0.25) is 0 Å². The lowest BCUT2D eigenvalue weighted by Crippen LogP contribution is -2.21. The van der Waals surface area contributed by atoms with Crippen molar-refractivity contribution in [1.29, 1.82) is 0 Å². The Morgan fingerprint density at radius 2 is 1.76 bits per heavy atom. The van der Waals surface area contributed by atoms with Gasteiger partial charge in [0.05, 0.1) is 6.42 Å². The van der Waals surface area contributed by atoms with Gasteiger partial charge < -0.3 is 10.1 Å². The second kappa shape index (κ2) is 9.28. The van der Waals surface area contributed by atoms with Crippen LogP contribution in [-0.2, 0) is 14.3 Å². The van der Waals surface area contributed by atoms with Crippen molar-refractivity contribution in [2.75, 3.05) is 17.7 Å². The third kappa shape index (κ3) is 6.27. The van der Waals surface area contributed by atoms with E-state index in [0.717, 1.165) is 21.7 Å². The summed E-state index contributed by atoms with van der Waals surface area (Å²) >= 11 is 1.60. The van der Waals surface area contributed by atoms with Gasteiger partial charge in [-0.25, -0.2) is 0 Å². The molecule has 2 aromatic rings. The summed E-state index contributed by atoms with van der Waals surface area (Å²) in [6.07, 6.45) is 0.273.